The van der Waals surface area contributed by atoms with Crippen molar-refractivity contribution in [1.29, 1.82) is 0 Å². The van der Waals surface area contributed by atoms with Crippen LogP contribution in [-0.2, 0) is 6.42 Å². The van der Waals surface area contributed by atoms with Crippen molar-refractivity contribution in [3.05, 3.63) is 23.8 Å². The molecule has 0 amide bonds. The minimum atomic E-state index is -1.04. The van der Waals surface area contributed by atoms with Crippen LogP contribution in [0.1, 0.15) is 23.0 Å². The van der Waals surface area contributed by atoms with Crippen LogP contribution in [0.5, 0.6) is 0 Å². The molecule has 2 aromatic rings. The number of carboxylic acids is 1. The molecule has 78 valence electrons. The minimum absolute atomic E-state index is 0.0988. The van der Waals surface area contributed by atoms with Gasteiger partial charge < -0.3 is 14.6 Å². The van der Waals surface area contributed by atoms with E-state index in [0.717, 1.165) is 0 Å². The van der Waals surface area contributed by atoms with Gasteiger partial charge in [-0.1, -0.05) is 12.1 Å². The molecule has 2 N–H and O–H groups in total. The summed E-state index contributed by atoms with van der Waals surface area (Å²) in [5.74, 6) is -0.676. The largest absolute Gasteiger partial charge is 0.477 e. The van der Waals surface area contributed by atoms with Crippen molar-refractivity contribution in [2.75, 3.05) is 0 Å². The standard InChI is InChI=1S/C9H9N3O3/c1-2-6-7(9(13)14)8(12-15-6)5-3-10-4-11-5/h3-4H,2H2,1H3,(H,10,11)(H,13,14). The van der Waals surface area contributed by atoms with Crippen LogP contribution in [0.3, 0.4) is 0 Å². The lowest BCUT2D eigenvalue weighted by molar-refractivity contribution is 0.0695. The zero-order valence-corrected chi connectivity index (χ0v) is 8.02. The van der Waals surface area contributed by atoms with Gasteiger partial charge in [0.15, 0.2) is 5.76 Å². The lowest BCUT2D eigenvalue weighted by atomic mass is 10.1. The first-order chi connectivity index (χ1) is 7.24. The second-order valence-electron chi connectivity index (χ2n) is 2.95. The van der Waals surface area contributed by atoms with Gasteiger partial charge in [-0.15, -0.1) is 0 Å². The summed E-state index contributed by atoms with van der Waals surface area (Å²) in [5.41, 5.74) is 0.925. The van der Waals surface area contributed by atoms with E-state index in [4.69, 9.17) is 9.63 Å². The summed E-state index contributed by atoms with van der Waals surface area (Å²) >= 11 is 0. The zero-order valence-electron chi connectivity index (χ0n) is 8.02. The monoisotopic (exact) mass is 207 g/mol. The molecule has 6 heteroatoms. The number of imidazole rings is 1. The van der Waals surface area contributed by atoms with Gasteiger partial charge in [0.2, 0.25) is 0 Å². The summed E-state index contributed by atoms with van der Waals surface area (Å²) in [6, 6.07) is 0. The minimum Gasteiger partial charge on any atom is -0.477 e. The molecule has 0 radical (unpaired) electrons. The first-order valence-electron chi connectivity index (χ1n) is 4.44. The average molecular weight is 207 g/mol. The third kappa shape index (κ3) is 1.50. The molecule has 2 rings (SSSR count). The number of carbonyl (C=O) groups is 1. The maximum absolute atomic E-state index is 11.0. The van der Waals surface area contributed by atoms with Crippen LogP contribution in [0.2, 0.25) is 0 Å². The molecule has 0 unspecified atom stereocenters. The predicted molar refractivity (Wildman–Crippen MR) is 50.4 cm³/mol. The molecule has 2 aromatic heterocycles. The fourth-order valence-electron chi connectivity index (χ4n) is 1.36. The highest BCUT2D eigenvalue weighted by Crippen LogP contribution is 2.23. The van der Waals surface area contributed by atoms with Crippen molar-refractivity contribution in [1.82, 2.24) is 15.1 Å². The van der Waals surface area contributed by atoms with Crippen LogP contribution >= 0.6 is 0 Å². The Hall–Kier alpha value is -2.11. The van der Waals surface area contributed by atoms with Crippen LogP contribution in [-0.4, -0.2) is 26.2 Å². The highest BCUT2D eigenvalue weighted by atomic mass is 16.5. The van der Waals surface area contributed by atoms with Gasteiger partial charge in [0.25, 0.3) is 0 Å². The summed E-state index contributed by atoms with van der Waals surface area (Å²) in [6.07, 6.45) is 3.45. The van der Waals surface area contributed by atoms with E-state index in [-0.39, 0.29) is 11.3 Å². The third-order valence-corrected chi connectivity index (χ3v) is 2.05. The molecule has 0 spiro atoms. The van der Waals surface area contributed by atoms with Gasteiger partial charge in [0.05, 0.1) is 18.2 Å². The number of aromatic nitrogens is 3. The normalized spacial score (nSPS) is 10.5. The zero-order chi connectivity index (χ0) is 10.8. The van der Waals surface area contributed by atoms with Gasteiger partial charge in [-0.2, -0.15) is 0 Å². The van der Waals surface area contributed by atoms with Gasteiger partial charge >= 0.3 is 5.97 Å². The molecule has 0 bridgehead atoms. The number of aromatic amines is 1. The average Bonchev–Trinajstić information content (AvgIpc) is 2.85. The number of rotatable bonds is 3. The van der Waals surface area contributed by atoms with Crippen LogP contribution in [0.25, 0.3) is 11.4 Å². The Labute approximate surface area is 84.9 Å². The number of aryl methyl sites for hydroxylation is 1. The summed E-state index contributed by atoms with van der Waals surface area (Å²) in [5, 5.41) is 12.8. The lowest BCUT2D eigenvalue weighted by Gasteiger charge is -1.94. The van der Waals surface area contributed by atoms with Gasteiger partial charge in [0, 0.05) is 6.42 Å². The maximum Gasteiger partial charge on any atom is 0.341 e. The molecular weight excluding hydrogens is 198 g/mol. The molecule has 0 saturated heterocycles. The maximum atomic E-state index is 11.0. The molecule has 0 aliphatic rings. The first-order valence-corrected chi connectivity index (χ1v) is 4.44. The van der Waals surface area contributed by atoms with Gasteiger partial charge in [-0.25, -0.2) is 9.78 Å². The van der Waals surface area contributed by atoms with E-state index in [9.17, 15) is 4.79 Å². The van der Waals surface area contributed by atoms with E-state index in [0.29, 0.717) is 17.9 Å². The van der Waals surface area contributed by atoms with Crippen molar-refractivity contribution in [2.45, 2.75) is 13.3 Å². The Morgan fingerprint density at radius 1 is 1.67 bits per heavy atom. The molecule has 15 heavy (non-hydrogen) atoms. The van der Waals surface area contributed by atoms with Gasteiger partial charge in [-0.3, -0.25) is 0 Å². The van der Waals surface area contributed by atoms with E-state index in [1.807, 2.05) is 6.92 Å². The Kier molecular flexibility index (Phi) is 2.24. The smallest absolute Gasteiger partial charge is 0.341 e. The number of aromatic carboxylic acids is 1. The van der Waals surface area contributed by atoms with Crippen LogP contribution in [0, 0.1) is 0 Å². The molecule has 6 nitrogen and oxygen atoms in total. The van der Waals surface area contributed by atoms with Gasteiger partial charge in [0.1, 0.15) is 11.3 Å². The number of H-pyrrole nitrogens is 1. The SMILES string of the molecule is CCc1onc(-c2cnc[nH]2)c1C(=O)O. The predicted octanol–water partition coefficient (Wildman–Crippen LogP) is 1.33. The third-order valence-electron chi connectivity index (χ3n) is 2.05. The fraction of sp³-hybridized carbons (Fsp3) is 0.222. The Morgan fingerprint density at radius 2 is 2.47 bits per heavy atom. The van der Waals surface area contributed by atoms with Crippen LogP contribution in [0.4, 0.5) is 0 Å². The molecule has 0 saturated carbocycles. The summed E-state index contributed by atoms with van der Waals surface area (Å²) in [7, 11) is 0. The number of hydrogen-bond donors (Lipinski definition) is 2. The van der Waals surface area contributed by atoms with Gasteiger partial charge in [-0.05, 0) is 0 Å². The Morgan fingerprint density at radius 3 is 3.00 bits per heavy atom. The number of carboxylic acid groups (broad SMARTS) is 1. The number of hydrogen-bond acceptors (Lipinski definition) is 4. The lowest BCUT2D eigenvalue weighted by Crippen LogP contribution is -2.00. The van der Waals surface area contributed by atoms with Crippen LogP contribution in [0.15, 0.2) is 17.0 Å². The Balaban J connectivity index is 2.58. The van der Waals surface area contributed by atoms with Crippen LogP contribution < -0.4 is 0 Å². The highest BCUT2D eigenvalue weighted by Gasteiger charge is 2.22. The van der Waals surface area contributed by atoms with E-state index >= 15 is 0 Å². The fourth-order valence-corrected chi connectivity index (χ4v) is 1.36. The summed E-state index contributed by atoms with van der Waals surface area (Å²) in [4.78, 5) is 17.6. The molecule has 0 aliphatic heterocycles. The summed E-state index contributed by atoms with van der Waals surface area (Å²) in [6.45, 7) is 1.81. The molecule has 0 aromatic carbocycles. The van der Waals surface area contributed by atoms with E-state index in [1.54, 1.807) is 0 Å². The van der Waals surface area contributed by atoms with E-state index in [1.165, 1.54) is 12.5 Å². The second-order valence-corrected chi connectivity index (χ2v) is 2.95. The van der Waals surface area contributed by atoms with Crippen molar-refractivity contribution < 1.29 is 14.4 Å². The molecule has 0 fully saturated rings. The summed E-state index contributed by atoms with van der Waals surface area (Å²) < 4.78 is 4.95. The molecule has 0 aliphatic carbocycles. The molecular formula is C9H9N3O3. The van der Waals surface area contributed by atoms with Crippen molar-refractivity contribution in [3.63, 3.8) is 0 Å². The first kappa shape index (κ1) is 9.45. The second kappa shape index (κ2) is 3.56. The number of nitrogens with zero attached hydrogens (tertiary/aromatic N) is 2. The van der Waals surface area contributed by atoms with Crippen molar-refractivity contribution in [2.24, 2.45) is 0 Å². The molecule has 0 atom stereocenters. The Bertz CT molecular complexity index is 473. The van der Waals surface area contributed by atoms with Crippen molar-refractivity contribution >= 4 is 5.97 Å². The topological polar surface area (TPSA) is 92.0 Å². The number of nitrogens with one attached hydrogen (secondary N) is 1. The molecule has 2 heterocycles. The quantitative estimate of drug-likeness (QED) is 0.791. The van der Waals surface area contributed by atoms with E-state index < -0.39 is 5.97 Å². The highest BCUT2D eigenvalue weighted by molar-refractivity contribution is 5.95. The van der Waals surface area contributed by atoms with Crippen molar-refractivity contribution in [3.8, 4) is 11.4 Å². The van der Waals surface area contributed by atoms with E-state index in [2.05, 4.69) is 15.1 Å².